The van der Waals surface area contributed by atoms with Crippen LogP contribution in [0.25, 0.3) is 0 Å². The lowest BCUT2D eigenvalue weighted by Crippen LogP contribution is -2.29. The summed E-state index contributed by atoms with van der Waals surface area (Å²) in [6, 6.07) is 3.69. The maximum Gasteiger partial charge on any atom is 0.165 e. The number of ether oxygens (including phenoxy) is 1. The molecule has 1 aromatic carbocycles. The Morgan fingerprint density at radius 3 is 2.44 bits per heavy atom. The molecule has 1 fully saturated rings. The highest BCUT2D eigenvalue weighted by Crippen LogP contribution is 2.37. The van der Waals surface area contributed by atoms with Crippen LogP contribution >= 0.6 is 0 Å². The Balaban J connectivity index is 2.36. The molecule has 4 heteroatoms. The molecular weight excluding hydrogens is 202 g/mol. The fraction of sp³-hybridized carbons (Fsp3) is 0.500. The number of anilines is 3. The lowest BCUT2D eigenvalue weighted by molar-refractivity contribution is 0.415. The highest BCUT2D eigenvalue weighted by molar-refractivity contribution is 5.76. The third-order valence-electron chi connectivity index (χ3n) is 3.02. The van der Waals surface area contributed by atoms with E-state index < -0.39 is 0 Å². The Kier molecular flexibility index (Phi) is 3.08. The van der Waals surface area contributed by atoms with E-state index in [9.17, 15) is 0 Å². The molecule has 1 aliphatic rings. The van der Waals surface area contributed by atoms with E-state index in [-0.39, 0.29) is 0 Å². The van der Waals surface area contributed by atoms with E-state index in [2.05, 4.69) is 4.90 Å². The van der Waals surface area contributed by atoms with Gasteiger partial charge in [-0.15, -0.1) is 0 Å². The van der Waals surface area contributed by atoms with Crippen molar-refractivity contribution in [2.24, 2.45) is 0 Å². The second-order valence-electron chi connectivity index (χ2n) is 4.21. The molecule has 4 N–H and O–H groups in total. The minimum Gasteiger partial charge on any atom is -0.492 e. The van der Waals surface area contributed by atoms with Crippen LogP contribution in [0.3, 0.4) is 0 Å². The van der Waals surface area contributed by atoms with Gasteiger partial charge in [-0.3, -0.25) is 0 Å². The van der Waals surface area contributed by atoms with Crippen molar-refractivity contribution in [3.05, 3.63) is 12.1 Å². The number of nitrogens with two attached hydrogens (primary N) is 2. The van der Waals surface area contributed by atoms with E-state index in [0.717, 1.165) is 24.5 Å². The molecule has 2 rings (SSSR count). The van der Waals surface area contributed by atoms with Gasteiger partial charge in [0.25, 0.3) is 0 Å². The van der Waals surface area contributed by atoms with Gasteiger partial charge in [-0.2, -0.15) is 0 Å². The van der Waals surface area contributed by atoms with Crippen molar-refractivity contribution in [3.8, 4) is 5.75 Å². The van der Waals surface area contributed by atoms with E-state index in [0.29, 0.717) is 11.4 Å². The molecule has 16 heavy (non-hydrogen) atoms. The maximum absolute atomic E-state index is 5.91. The molecule has 1 saturated heterocycles. The molecular formula is C12H19N3O. The Hall–Kier alpha value is -1.58. The zero-order chi connectivity index (χ0) is 11.5. The predicted octanol–water partition coefficient (Wildman–Crippen LogP) is 1.85. The van der Waals surface area contributed by atoms with Gasteiger partial charge in [0.1, 0.15) is 0 Å². The minimum absolute atomic E-state index is 0.614. The molecule has 0 aromatic heterocycles. The zero-order valence-corrected chi connectivity index (χ0v) is 9.70. The molecule has 4 nitrogen and oxygen atoms in total. The van der Waals surface area contributed by atoms with E-state index in [1.807, 2.05) is 6.07 Å². The lowest BCUT2D eigenvalue weighted by Gasteiger charge is -2.30. The summed E-state index contributed by atoms with van der Waals surface area (Å²) in [5, 5.41) is 0. The molecule has 0 amide bonds. The molecule has 0 radical (unpaired) electrons. The molecule has 88 valence electrons. The van der Waals surface area contributed by atoms with Crippen molar-refractivity contribution in [1.82, 2.24) is 0 Å². The predicted molar refractivity (Wildman–Crippen MR) is 67.9 cm³/mol. The van der Waals surface area contributed by atoms with Crippen LogP contribution in [0.5, 0.6) is 5.75 Å². The van der Waals surface area contributed by atoms with Gasteiger partial charge in [0.15, 0.2) is 5.75 Å². The SMILES string of the molecule is COc1c(N)cc(N)cc1N1CCCCC1. The summed E-state index contributed by atoms with van der Waals surface area (Å²) >= 11 is 0. The van der Waals surface area contributed by atoms with Gasteiger partial charge < -0.3 is 21.1 Å². The van der Waals surface area contributed by atoms with Crippen molar-refractivity contribution in [3.63, 3.8) is 0 Å². The number of hydrogen-bond acceptors (Lipinski definition) is 4. The molecule has 0 atom stereocenters. The standard InChI is InChI=1S/C12H19N3O/c1-16-12-10(14)7-9(13)8-11(12)15-5-3-2-4-6-15/h7-8H,2-6,13-14H2,1H3. The first kappa shape index (κ1) is 10.9. The average Bonchev–Trinajstić information content (AvgIpc) is 2.29. The van der Waals surface area contributed by atoms with Gasteiger partial charge in [-0.05, 0) is 31.4 Å². The van der Waals surface area contributed by atoms with Crippen LogP contribution in [0.15, 0.2) is 12.1 Å². The van der Waals surface area contributed by atoms with Crippen LogP contribution in [0.1, 0.15) is 19.3 Å². The molecule has 0 bridgehead atoms. The molecule has 1 aliphatic heterocycles. The first-order valence-corrected chi connectivity index (χ1v) is 5.70. The number of hydrogen-bond donors (Lipinski definition) is 2. The third kappa shape index (κ3) is 2.01. The largest absolute Gasteiger partial charge is 0.492 e. The van der Waals surface area contributed by atoms with E-state index in [1.54, 1.807) is 13.2 Å². The summed E-state index contributed by atoms with van der Waals surface area (Å²) in [4.78, 5) is 2.30. The van der Waals surface area contributed by atoms with E-state index in [1.165, 1.54) is 19.3 Å². The summed E-state index contributed by atoms with van der Waals surface area (Å²) in [5.41, 5.74) is 14.1. The number of rotatable bonds is 2. The van der Waals surface area contributed by atoms with Gasteiger partial charge in [0, 0.05) is 18.8 Å². The van der Waals surface area contributed by atoms with Crippen molar-refractivity contribution in [2.45, 2.75) is 19.3 Å². The quantitative estimate of drug-likeness (QED) is 0.748. The van der Waals surface area contributed by atoms with Crippen molar-refractivity contribution in [2.75, 3.05) is 36.6 Å². The third-order valence-corrected chi connectivity index (χ3v) is 3.02. The van der Waals surface area contributed by atoms with Crippen LogP contribution in [0.2, 0.25) is 0 Å². The summed E-state index contributed by atoms with van der Waals surface area (Å²) in [7, 11) is 1.65. The Bertz CT molecular complexity index is 373. The molecule has 0 spiro atoms. The van der Waals surface area contributed by atoms with Crippen molar-refractivity contribution in [1.29, 1.82) is 0 Å². The summed E-state index contributed by atoms with van der Waals surface area (Å²) < 4.78 is 5.36. The monoisotopic (exact) mass is 221 g/mol. The highest BCUT2D eigenvalue weighted by Gasteiger charge is 2.17. The fourth-order valence-electron chi connectivity index (χ4n) is 2.25. The van der Waals surface area contributed by atoms with Gasteiger partial charge in [0.05, 0.1) is 18.5 Å². The first-order chi connectivity index (χ1) is 7.72. The number of benzene rings is 1. The van der Waals surface area contributed by atoms with Crippen LogP contribution in [0, 0.1) is 0 Å². The van der Waals surface area contributed by atoms with Gasteiger partial charge in [-0.25, -0.2) is 0 Å². The molecule has 1 heterocycles. The number of nitrogens with zero attached hydrogens (tertiary/aromatic N) is 1. The lowest BCUT2D eigenvalue weighted by atomic mass is 10.1. The molecule has 0 saturated carbocycles. The van der Waals surface area contributed by atoms with E-state index >= 15 is 0 Å². The molecule has 0 unspecified atom stereocenters. The van der Waals surface area contributed by atoms with Crippen LogP contribution in [-0.2, 0) is 0 Å². The van der Waals surface area contributed by atoms with Crippen molar-refractivity contribution < 1.29 is 4.74 Å². The first-order valence-electron chi connectivity index (χ1n) is 5.70. The Morgan fingerprint density at radius 1 is 1.12 bits per heavy atom. The summed E-state index contributed by atoms with van der Waals surface area (Å²) in [6.45, 7) is 2.11. The van der Waals surface area contributed by atoms with Gasteiger partial charge >= 0.3 is 0 Å². The topological polar surface area (TPSA) is 64.5 Å². The summed E-state index contributed by atoms with van der Waals surface area (Å²) in [5.74, 6) is 0.746. The van der Waals surface area contributed by atoms with Crippen LogP contribution < -0.4 is 21.1 Å². The molecule has 0 aliphatic carbocycles. The maximum atomic E-state index is 5.91. The van der Waals surface area contributed by atoms with Crippen LogP contribution in [0.4, 0.5) is 17.1 Å². The Labute approximate surface area is 96.2 Å². The highest BCUT2D eigenvalue weighted by atomic mass is 16.5. The fourth-order valence-corrected chi connectivity index (χ4v) is 2.25. The van der Waals surface area contributed by atoms with Gasteiger partial charge in [-0.1, -0.05) is 0 Å². The Morgan fingerprint density at radius 2 is 1.81 bits per heavy atom. The number of methoxy groups -OCH3 is 1. The molecule has 1 aromatic rings. The zero-order valence-electron chi connectivity index (χ0n) is 9.70. The second-order valence-corrected chi connectivity index (χ2v) is 4.21. The average molecular weight is 221 g/mol. The number of nitrogen functional groups attached to an aromatic ring is 2. The second kappa shape index (κ2) is 4.51. The van der Waals surface area contributed by atoms with Gasteiger partial charge in [0.2, 0.25) is 0 Å². The van der Waals surface area contributed by atoms with Crippen molar-refractivity contribution >= 4 is 17.1 Å². The summed E-state index contributed by atoms with van der Waals surface area (Å²) in [6.07, 6.45) is 3.74. The van der Waals surface area contributed by atoms with E-state index in [4.69, 9.17) is 16.2 Å². The normalized spacial score (nSPS) is 16.2. The number of piperidine rings is 1. The minimum atomic E-state index is 0.614. The smallest absolute Gasteiger partial charge is 0.165 e. The van der Waals surface area contributed by atoms with Crippen LogP contribution in [-0.4, -0.2) is 20.2 Å².